The number of hydrogen-bond acceptors (Lipinski definition) is 9. The molecule has 4 aromatic carbocycles. The van der Waals surface area contributed by atoms with Gasteiger partial charge in [-0.2, -0.15) is 0 Å². The molecular formula is C46H47N5O7S. The van der Waals surface area contributed by atoms with Crippen molar-refractivity contribution in [1.29, 1.82) is 0 Å². The van der Waals surface area contributed by atoms with Crippen LogP contribution in [0.1, 0.15) is 45.4 Å². The minimum Gasteiger partial charge on any atom is -0.497 e. The summed E-state index contributed by atoms with van der Waals surface area (Å²) in [6.45, 7) is 2.08. The van der Waals surface area contributed by atoms with Crippen molar-refractivity contribution in [2.24, 2.45) is 5.92 Å². The molecule has 3 amide bonds. The van der Waals surface area contributed by atoms with Gasteiger partial charge in [-0.1, -0.05) is 85.3 Å². The van der Waals surface area contributed by atoms with Crippen LogP contribution in [0.2, 0.25) is 0 Å². The molecule has 3 aliphatic rings. The molecule has 0 unspecified atom stereocenters. The Morgan fingerprint density at radius 3 is 2.41 bits per heavy atom. The number of allylic oxidation sites excluding steroid dienone is 1. The second-order valence-corrected chi connectivity index (χ2v) is 17.1. The molecule has 12 nitrogen and oxygen atoms in total. The third kappa shape index (κ3) is 8.38. The maximum absolute atomic E-state index is 14.4. The third-order valence-corrected chi connectivity index (χ3v) is 12.8. The first kappa shape index (κ1) is 39.6. The van der Waals surface area contributed by atoms with Crippen molar-refractivity contribution in [3.8, 4) is 33.9 Å². The number of rotatable bonds is 7. The van der Waals surface area contributed by atoms with Crippen LogP contribution in [0.25, 0.3) is 33.3 Å². The summed E-state index contributed by atoms with van der Waals surface area (Å²) in [6, 6.07) is 30.6. The second-order valence-electron chi connectivity index (χ2n) is 15.4. The topological polar surface area (TPSA) is 156 Å². The Morgan fingerprint density at radius 2 is 1.66 bits per heavy atom. The molecule has 1 aromatic heterocycles. The van der Waals surface area contributed by atoms with E-state index in [2.05, 4.69) is 15.4 Å². The number of nitrogens with zero attached hydrogens (tertiary/aromatic N) is 2. The highest BCUT2D eigenvalue weighted by Gasteiger charge is 2.61. The number of aromatic nitrogens is 1. The second kappa shape index (κ2) is 16.6. The van der Waals surface area contributed by atoms with Gasteiger partial charge >= 0.3 is 0 Å². The lowest BCUT2D eigenvalue weighted by atomic mass is 10.1. The number of hydrogen-bond donors (Lipinski definition) is 3. The van der Waals surface area contributed by atoms with Gasteiger partial charge in [0.1, 0.15) is 34.1 Å². The average molecular weight is 814 g/mol. The zero-order chi connectivity index (χ0) is 41.1. The molecule has 1 saturated heterocycles. The van der Waals surface area contributed by atoms with Crippen molar-refractivity contribution in [3.05, 3.63) is 115 Å². The molecule has 5 aromatic rings. The van der Waals surface area contributed by atoms with E-state index in [1.54, 1.807) is 19.2 Å². The van der Waals surface area contributed by atoms with Gasteiger partial charge in [-0.05, 0) is 61.1 Å². The minimum atomic E-state index is -4.43. The molecule has 3 N–H and O–H groups in total. The van der Waals surface area contributed by atoms with Gasteiger partial charge < -0.3 is 25.0 Å². The SMILES string of the molecule is COc1ccc2c(O[C@@H]3C[C@@H](C(=O)N[C@]45C[C@@H]4/C=C\CCCCCNc4ccc(-c6ccccc6)cc4S(=O)(=O)NC5=O)N(C(C)=O)C3)cc(-c3ccccc3)nc2c1. The van der Waals surface area contributed by atoms with Crippen LogP contribution >= 0.6 is 0 Å². The van der Waals surface area contributed by atoms with E-state index >= 15 is 0 Å². The van der Waals surface area contributed by atoms with Gasteiger partial charge in [0.25, 0.3) is 15.9 Å². The monoisotopic (exact) mass is 813 g/mol. The molecule has 59 heavy (non-hydrogen) atoms. The van der Waals surface area contributed by atoms with E-state index in [4.69, 9.17) is 14.5 Å². The number of ether oxygens (including phenoxy) is 2. The number of benzene rings is 4. The molecule has 304 valence electrons. The number of anilines is 1. The van der Waals surface area contributed by atoms with E-state index < -0.39 is 45.4 Å². The molecule has 0 bridgehead atoms. The fourth-order valence-corrected chi connectivity index (χ4v) is 9.37. The Kier molecular flexibility index (Phi) is 11.1. The number of methoxy groups -OCH3 is 1. The molecule has 13 heteroatoms. The third-order valence-electron chi connectivity index (χ3n) is 11.4. The van der Waals surface area contributed by atoms with Crippen LogP contribution in [0.5, 0.6) is 11.5 Å². The quantitative estimate of drug-likeness (QED) is 0.149. The first-order valence-corrected chi connectivity index (χ1v) is 21.5. The van der Waals surface area contributed by atoms with Crippen LogP contribution < -0.4 is 24.8 Å². The number of amides is 3. The van der Waals surface area contributed by atoms with Gasteiger partial charge in [-0.3, -0.25) is 14.4 Å². The zero-order valence-corrected chi connectivity index (χ0v) is 33.8. The summed E-state index contributed by atoms with van der Waals surface area (Å²) in [4.78, 5) is 48.0. The van der Waals surface area contributed by atoms with Crippen molar-refractivity contribution in [2.75, 3.05) is 25.5 Å². The smallest absolute Gasteiger partial charge is 0.266 e. The standard InChI is InChI=1S/C46H47N5O7S/c1-30(52)51-29-36(58-42-27-39(32-16-10-7-11-17-32)48-40-25-35(57-2)20-21-37(40)42)26-41(51)44(53)49-46-28-34(46)18-12-4-3-5-13-23-47-38-22-19-33(31-14-8-6-9-15-31)24-43(38)59(55,56)50-45(46)54/h6-12,14-22,24-25,27,34,36,41,47H,3-5,13,23,26,28-29H2,1-2H3,(H,49,53)(H,50,54)/b18-12-/t34-,36+,41-,46+/m0/s1. The number of carbonyl (C=O) groups excluding carboxylic acids is 3. The molecule has 1 saturated carbocycles. The molecule has 8 rings (SSSR count). The molecular weight excluding hydrogens is 767 g/mol. The van der Waals surface area contributed by atoms with Gasteiger partial charge in [0, 0.05) is 48.9 Å². The highest BCUT2D eigenvalue weighted by Crippen LogP contribution is 2.46. The van der Waals surface area contributed by atoms with Crippen molar-refractivity contribution in [2.45, 2.75) is 68.0 Å². The number of nitrogens with one attached hydrogen (secondary N) is 3. The molecule has 1 aliphatic carbocycles. The van der Waals surface area contributed by atoms with E-state index in [-0.39, 0.29) is 30.2 Å². The summed E-state index contributed by atoms with van der Waals surface area (Å²) >= 11 is 0. The number of sulfonamides is 1. The summed E-state index contributed by atoms with van der Waals surface area (Å²) in [5.41, 5.74) is 2.57. The Labute approximate surface area is 344 Å². The van der Waals surface area contributed by atoms with Gasteiger partial charge in [-0.15, -0.1) is 0 Å². The number of carbonyl (C=O) groups is 3. The van der Waals surface area contributed by atoms with Crippen LogP contribution in [0.3, 0.4) is 0 Å². The van der Waals surface area contributed by atoms with Crippen LogP contribution in [0.15, 0.2) is 120 Å². The van der Waals surface area contributed by atoms with Gasteiger partial charge in [-0.25, -0.2) is 18.1 Å². The van der Waals surface area contributed by atoms with Crippen molar-refractivity contribution in [1.82, 2.24) is 19.9 Å². The first-order chi connectivity index (χ1) is 28.5. The first-order valence-electron chi connectivity index (χ1n) is 20.0. The highest BCUT2D eigenvalue weighted by molar-refractivity contribution is 7.90. The van der Waals surface area contributed by atoms with E-state index in [0.717, 1.165) is 42.2 Å². The summed E-state index contributed by atoms with van der Waals surface area (Å²) in [5.74, 6) is -1.00. The Morgan fingerprint density at radius 1 is 0.898 bits per heavy atom. The lowest BCUT2D eigenvalue weighted by Gasteiger charge is -2.25. The minimum absolute atomic E-state index is 0.0627. The molecule has 0 radical (unpaired) electrons. The van der Waals surface area contributed by atoms with Gasteiger partial charge in [0.2, 0.25) is 11.8 Å². The molecule has 2 aliphatic heterocycles. The molecule has 3 heterocycles. The fraction of sp³-hybridized carbons (Fsp3) is 0.304. The fourth-order valence-electron chi connectivity index (χ4n) is 8.12. The van der Waals surface area contributed by atoms with Crippen LogP contribution in [0, 0.1) is 5.92 Å². The molecule has 2 fully saturated rings. The van der Waals surface area contributed by atoms with Gasteiger partial charge in [0.05, 0.1) is 30.6 Å². The molecule has 4 atom stereocenters. The Bertz CT molecular complexity index is 2530. The molecule has 0 spiro atoms. The summed E-state index contributed by atoms with van der Waals surface area (Å²) in [5, 5.41) is 6.94. The van der Waals surface area contributed by atoms with Crippen LogP contribution in [0.4, 0.5) is 5.69 Å². The van der Waals surface area contributed by atoms with Crippen molar-refractivity contribution in [3.63, 3.8) is 0 Å². The predicted molar refractivity (Wildman–Crippen MR) is 226 cm³/mol. The largest absolute Gasteiger partial charge is 0.497 e. The summed E-state index contributed by atoms with van der Waals surface area (Å²) in [6.07, 6.45) is 7.10. The number of likely N-dealkylation sites (tertiary alicyclic amines) is 1. The van der Waals surface area contributed by atoms with Crippen molar-refractivity contribution >= 4 is 44.3 Å². The maximum Gasteiger partial charge on any atom is 0.266 e. The van der Waals surface area contributed by atoms with E-state index in [1.807, 2.05) is 103 Å². The summed E-state index contributed by atoms with van der Waals surface area (Å²) < 4.78 is 42.8. The van der Waals surface area contributed by atoms with E-state index in [0.29, 0.717) is 40.5 Å². The zero-order valence-electron chi connectivity index (χ0n) is 33.0. The normalized spacial score (nSPS) is 23.3. The van der Waals surface area contributed by atoms with Crippen LogP contribution in [-0.2, 0) is 24.4 Å². The number of fused-ring (bicyclic) bond motifs is 3. The predicted octanol–water partition coefficient (Wildman–Crippen LogP) is 6.87. The van der Waals surface area contributed by atoms with E-state index in [9.17, 15) is 22.8 Å². The van der Waals surface area contributed by atoms with Gasteiger partial charge in [0.15, 0.2) is 0 Å². The Hall–Kier alpha value is -6.21. The number of pyridine rings is 1. The maximum atomic E-state index is 14.4. The summed E-state index contributed by atoms with van der Waals surface area (Å²) in [7, 11) is -2.84. The average Bonchev–Trinajstić information content (AvgIpc) is 3.77. The lowest BCUT2D eigenvalue weighted by molar-refractivity contribution is -0.138. The van der Waals surface area contributed by atoms with E-state index in [1.165, 1.54) is 11.8 Å². The lowest BCUT2D eigenvalue weighted by Crippen LogP contribution is -2.56. The van der Waals surface area contributed by atoms with Crippen molar-refractivity contribution < 1.29 is 32.3 Å². The van der Waals surface area contributed by atoms with Crippen LogP contribution in [-0.4, -0.2) is 73.9 Å². The Balaban J connectivity index is 1.07. The highest BCUT2D eigenvalue weighted by atomic mass is 32.2.